The van der Waals surface area contributed by atoms with E-state index in [1.165, 1.54) is 6.20 Å². The van der Waals surface area contributed by atoms with Crippen LogP contribution in [0, 0.1) is 6.92 Å². The lowest BCUT2D eigenvalue weighted by atomic mass is 10.1. The van der Waals surface area contributed by atoms with Crippen LogP contribution in [0.1, 0.15) is 30.1 Å². The van der Waals surface area contributed by atoms with Gasteiger partial charge in [0.25, 0.3) is 0 Å². The molecule has 0 amide bonds. The van der Waals surface area contributed by atoms with E-state index in [0.717, 1.165) is 18.4 Å². The molecule has 1 fully saturated rings. The molecule has 3 rings (SSSR count). The number of rotatable bonds is 3. The number of aryl methyl sites for hydroxylation is 1. The molecule has 1 atom stereocenters. The monoisotopic (exact) mass is 291 g/mol. The second kappa shape index (κ2) is 5.03. The van der Waals surface area contributed by atoms with Gasteiger partial charge in [-0.3, -0.25) is 5.10 Å². The first-order valence-electron chi connectivity index (χ1n) is 6.67. The van der Waals surface area contributed by atoms with Gasteiger partial charge < -0.3 is 0 Å². The van der Waals surface area contributed by atoms with Crippen molar-refractivity contribution in [2.24, 2.45) is 0 Å². The number of nitrogens with one attached hydrogen (secondary N) is 1. The molecule has 0 spiro atoms. The second-order valence-corrected chi connectivity index (χ2v) is 6.90. The van der Waals surface area contributed by atoms with Crippen LogP contribution in [-0.2, 0) is 10.0 Å². The maximum absolute atomic E-state index is 12.8. The Morgan fingerprint density at radius 2 is 2.05 bits per heavy atom. The molecule has 2 heterocycles. The third-order valence-corrected chi connectivity index (χ3v) is 5.78. The molecule has 0 bridgehead atoms. The first kappa shape index (κ1) is 13.3. The number of hydrogen-bond acceptors (Lipinski definition) is 3. The minimum Gasteiger partial charge on any atom is -0.281 e. The first-order chi connectivity index (χ1) is 9.60. The van der Waals surface area contributed by atoms with Crippen molar-refractivity contribution in [1.29, 1.82) is 0 Å². The third-order valence-electron chi connectivity index (χ3n) is 3.76. The lowest BCUT2D eigenvalue weighted by Gasteiger charge is -2.24. The predicted octanol–water partition coefficient (Wildman–Crippen LogP) is 2.24. The first-order valence-corrected chi connectivity index (χ1v) is 8.11. The van der Waals surface area contributed by atoms with Crippen LogP contribution in [0.15, 0.2) is 41.4 Å². The summed E-state index contributed by atoms with van der Waals surface area (Å²) in [6.45, 7) is 2.29. The average molecular weight is 291 g/mol. The van der Waals surface area contributed by atoms with E-state index in [1.807, 2.05) is 30.3 Å². The van der Waals surface area contributed by atoms with E-state index in [0.29, 0.717) is 12.2 Å². The highest BCUT2D eigenvalue weighted by molar-refractivity contribution is 7.89. The van der Waals surface area contributed by atoms with Crippen molar-refractivity contribution < 1.29 is 8.42 Å². The summed E-state index contributed by atoms with van der Waals surface area (Å²) in [7, 11) is -3.48. The fourth-order valence-electron chi connectivity index (χ4n) is 2.76. The van der Waals surface area contributed by atoms with Gasteiger partial charge in [0.15, 0.2) is 0 Å². The van der Waals surface area contributed by atoms with E-state index in [-0.39, 0.29) is 10.9 Å². The summed E-state index contributed by atoms with van der Waals surface area (Å²) in [6.07, 6.45) is 3.14. The lowest BCUT2D eigenvalue weighted by Crippen LogP contribution is -2.30. The van der Waals surface area contributed by atoms with Gasteiger partial charge in [-0.2, -0.15) is 9.40 Å². The SMILES string of the molecule is Cc1[nH]ncc1S(=O)(=O)N1CCCC1c1ccccc1. The van der Waals surface area contributed by atoms with Crippen LogP contribution in [-0.4, -0.2) is 29.5 Å². The van der Waals surface area contributed by atoms with Gasteiger partial charge in [-0.15, -0.1) is 0 Å². The van der Waals surface area contributed by atoms with Gasteiger partial charge in [-0.1, -0.05) is 30.3 Å². The van der Waals surface area contributed by atoms with Crippen LogP contribution < -0.4 is 0 Å². The molecular weight excluding hydrogens is 274 g/mol. The molecular formula is C14H17N3O2S. The highest BCUT2D eigenvalue weighted by Crippen LogP contribution is 2.36. The Labute approximate surface area is 118 Å². The summed E-state index contributed by atoms with van der Waals surface area (Å²) < 4.78 is 27.1. The minimum absolute atomic E-state index is 0.0736. The zero-order valence-corrected chi connectivity index (χ0v) is 12.1. The number of sulfonamides is 1. The smallest absolute Gasteiger partial charge is 0.247 e. The van der Waals surface area contributed by atoms with Gasteiger partial charge in [0.05, 0.1) is 17.9 Å². The lowest BCUT2D eigenvalue weighted by molar-refractivity contribution is 0.396. The Kier molecular flexibility index (Phi) is 3.35. The molecule has 1 saturated heterocycles. The summed E-state index contributed by atoms with van der Waals surface area (Å²) in [5, 5.41) is 6.52. The normalized spacial score (nSPS) is 20.4. The van der Waals surface area contributed by atoms with Crippen LogP contribution >= 0.6 is 0 Å². The van der Waals surface area contributed by atoms with Crippen molar-refractivity contribution in [2.75, 3.05) is 6.54 Å². The number of benzene rings is 1. The van der Waals surface area contributed by atoms with Crippen LogP contribution in [0.3, 0.4) is 0 Å². The maximum atomic E-state index is 12.8. The van der Waals surface area contributed by atoms with Gasteiger partial charge in [0.2, 0.25) is 10.0 Å². The van der Waals surface area contributed by atoms with E-state index >= 15 is 0 Å². The van der Waals surface area contributed by atoms with E-state index in [1.54, 1.807) is 11.2 Å². The molecule has 0 saturated carbocycles. The Morgan fingerprint density at radius 1 is 1.30 bits per heavy atom. The fourth-order valence-corrected chi connectivity index (χ4v) is 4.56. The zero-order valence-electron chi connectivity index (χ0n) is 11.3. The molecule has 1 aromatic heterocycles. The van der Waals surface area contributed by atoms with Crippen molar-refractivity contribution in [3.63, 3.8) is 0 Å². The largest absolute Gasteiger partial charge is 0.281 e. The molecule has 0 radical (unpaired) electrons. The molecule has 2 aromatic rings. The molecule has 1 aliphatic rings. The number of aromatic nitrogens is 2. The van der Waals surface area contributed by atoms with Crippen LogP contribution in [0.2, 0.25) is 0 Å². The summed E-state index contributed by atoms with van der Waals surface area (Å²) in [6, 6.07) is 9.73. The van der Waals surface area contributed by atoms with Crippen LogP contribution in [0.5, 0.6) is 0 Å². The molecule has 1 aliphatic heterocycles. The van der Waals surface area contributed by atoms with Gasteiger partial charge in [0, 0.05) is 6.54 Å². The molecule has 0 aliphatic carbocycles. The molecule has 5 nitrogen and oxygen atoms in total. The van der Waals surface area contributed by atoms with Crippen molar-refractivity contribution in [1.82, 2.24) is 14.5 Å². The molecule has 1 N–H and O–H groups in total. The van der Waals surface area contributed by atoms with Gasteiger partial charge in [0.1, 0.15) is 4.90 Å². The number of H-pyrrole nitrogens is 1. The average Bonchev–Trinajstić information content (AvgIpc) is 3.08. The minimum atomic E-state index is -3.48. The standard InChI is InChI=1S/C14H17N3O2S/c1-11-14(10-15-16-11)20(18,19)17-9-5-8-13(17)12-6-3-2-4-7-12/h2-4,6-7,10,13H,5,8-9H2,1H3,(H,15,16). The summed E-state index contributed by atoms with van der Waals surface area (Å²) in [4.78, 5) is 0.278. The number of aromatic amines is 1. The third kappa shape index (κ3) is 2.14. The van der Waals surface area contributed by atoms with Gasteiger partial charge in [-0.25, -0.2) is 8.42 Å². The van der Waals surface area contributed by atoms with E-state index in [9.17, 15) is 8.42 Å². The highest BCUT2D eigenvalue weighted by atomic mass is 32.2. The Balaban J connectivity index is 1.99. The van der Waals surface area contributed by atoms with Gasteiger partial charge in [-0.05, 0) is 25.3 Å². The van der Waals surface area contributed by atoms with Crippen molar-refractivity contribution in [2.45, 2.75) is 30.7 Å². The van der Waals surface area contributed by atoms with Crippen LogP contribution in [0.4, 0.5) is 0 Å². The maximum Gasteiger partial charge on any atom is 0.247 e. The predicted molar refractivity (Wildman–Crippen MR) is 75.6 cm³/mol. The Hall–Kier alpha value is -1.66. The molecule has 20 heavy (non-hydrogen) atoms. The van der Waals surface area contributed by atoms with E-state index in [2.05, 4.69) is 10.2 Å². The van der Waals surface area contributed by atoms with Crippen molar-refractivity contribution in [3.05, 3.63) is 47.8 Å². The second-order valence-electron chi connectivity index (χ2n) is 5.04. The summed E-state index contributed by atoms with van der Waals surface area (Å²) in [5.74, 6) is 0. The summed E-state index contributed by atoms with van der Waals surface area (Å²) in [5.41, 5.74) is 1.64. The Morgan fingerprint density at radius 3 is 2.70 bits per heavy atom. The topological polar surface area (TPSA) is 66.1 Å². The van der Waals surface area contributed by atoms with E-state index < -0.39 is 10.0 Å². The zero-order chi connectivity index (χ0) is 14.2. The molecule has 106 valence electrons. The van der Waals surface area contributed by atoms with Gasteiger partial charge >= 0.3 is 0 Å². The quantitative estimate of drug-likeness (QED) is 0.943. The highest BCUT2D eigenvalue weighted by Gasteiger charge is 2.37. The Bertz CT molecular complexity index is 694. The van der Waals surface area contributed by atoms with Crippen LogP contribution in [0.25, 0.3) is 0 Å². The fraction of sp³-hybridized carbons (Fsp3) is 0.357. The summed E-state index contributed by atoms with van der Waals surface area (Å²) >= 11 is 0. The van der Waals surface area contributed by atoms with E-state index in [4.69, 9.17) is 0 Å². The number of hydrogen-bond donors (Lipinski definition) is 1. The van der Waals surface area contributed by atoms with Crippen molar-refractivity contribution >= 4 is 10.0 Å². The molecule has 1 aromatic carbocycles. The van der Waals surface area contributed by atoms with Crippen molar-refractivity contribution in [3.8, 4) is 0 Å². The number of nitrogens with zero attached hydrogens (tertiary/aromatic N) is 2. The molecule has 6 heteroatoms. The molecule has 1 unspecified atom stereocenters.